The first kappa shape index (κ1) is 23.8. The number of carbonyl (C=O) groups excluding carboxylic acids is 2. The van der Waals surface area contributed by atoms with Crippen molar-refractivity contribution in [3.63, 3.8) is 0 Å². The van der Waals surface area contributed by atoms with E-state index in [4.69, 9.17) is 20.3 Å². The number of amides is 2. The van der Waals surface area contributed by atoms with Gasteiger partial charge in [0.15, 0.2) is 6.23 Å². The molecule has 0 radical (unpaired) electrons. The van der Waals surface area contributed by atoms with Gasteiger partial charge in [0.1, 0.15) is 29.0 Å². The highest BCUT2D eigenvalue weighted by atomic mass is 16.5. The maximum atomic E-state index is 13.1. The number of carboxylic acids is 1. The van der Waals surface area contributed by atoms with Gasteiger partial charge in [-0.3, -0.25) is 24.7 Å². The molecular weight excluding hydrogens is 452 g/mol. The summed E-state index contributed by atoms with van der Waals surface area (Å²) in [5.41, 5.74) is 6.58. The number of ether oxygens (including phenoxy) is 1. The monoisotopic (exact) mass is 478 g/mol. The maximum absolute atomic E-state index is 13.1. The van der Waals surface area contributed by atoms with Gasteiger partial charge >= 0.3 is 17.8 Å². The number of nitrogens with two attached hydrogens (primary N) is 1. The summed E-state index contributed by atoms with van der Waals surface area (Å²) < 4.78 is 12.0. The van der Waals surface area contributed by atoms with Gasteiger partial charge in [-0.25, -0.2) is 0 Å². The van der Waals surface area contributed by atoms with Gasteiger partial charge < -0.3 is 24.9 Å². The molecule has 2 atom stereocenters. The number of amidine groups is 1. The lowest BCUT2D eigenvalue weighted by molar-refractivity contribution is -0.170. The molecule has 1 saturated heterocycles. The fourth-order valence-electron chi connectivity index (χ4n) is 4.15. The van der Waals surface area contributed by atoms with Gasteiger partial charge in [0, 0.05) is 17.5 Å². The topological polar surface area (TPSA) is 150 Å². The largest absolute Gasteiger partial charge is 0.481 e. The van der Waals surface area contributed by atoms with Gasteiger partial charge in [-0.2, -0.15) is 0 Å². The van der Waals surface area contributed by atoms with Crippen molar-refractivity contribution in [2.45, 2.75) is 32.0 Å². The highest BCUT2D eigenvalue weighted by Gasteiger charge is 2.44. The Labute approximate surface area is 201 Å². The predicted molar refractivity (Wildman–Crippen MR) is 127 cm³/mol. The van der Waals surface area contributed by atoms with E-state index in [0.717, 1.165) is 5.39 Å². The normalized spacial score (nSPS) is 17.0. The number of nitrogens with zero attached hydrogens (tertiary/aromatic N) is 2. The number of nitrogen functional groups attached to an aromatic ring is 1. The molecule has 2 unspecified atom stereocenters. The van der Waals surface area contributed by atoms with Gasteiger partial charge in [0.05, 0.1) is 13.0 Å². The molecule has 1 aliphatic heterocycles. The molecule has 3 aromatic rings. The van der Waals surface area contributed by atoms with Crippen LogP contribution in [0.3, 0.4) is 0 Å². The number of fused-ring (bicyclic) bond motifs is 1. The second kappa shape index (κ2) is 9.88. The van der Waals surface area contributed by atoms with E-state index >= 15 is 0 Å². The molecule has 182 valence electrons. The molecule has 2 heterocycles. The molecule has 0 aliphatic carbocycles. The Kier molecular flexibility index (Phi) is 6.72. The van der Waals surface area contributed by atoms with E-state index in [-0.39, 0.29) is 18.1 Å². The number of piperazine rings is 1. The Balaban J connectivity index is 1.67. The van der Waals surface area contributed by atoms with Crippen LogP contribution in [-0.4, -0.2) is 57.8 Å². The van der Waals surface area contributed by atoms with Crippen molar-refractivity contribution in [3.8, 4) is 5.75 Å². The lowest BCUT2D eigenvalue weighted by atomic mass is 10.1. The van der Waals surface area contributed by atoms with Crippen LogP contribution in [0.2, 0.25) is 0 Å². The second-order valence-electron chi connectivity index (χ2n) is 8.27. The molecule has 2 amide bonds. The number of aliphatic carboxylic acids is 1. The highest BCUT2D eigenvalue weighted by Crippen LogP contribution is 2.33. The SMILES string of the molecule is CCCN1C(=O)C(=O)N(C(CC(=O)O)c2cc3ccccc3o2)CC1Oc1ccc(C(=N)N)cc1. The van der Waals surface area contributed by atoms with Crippen molar-refractivity contribution < 1.29 is 28.6 Å². The fraction of sp³-hybridized carbons (Fsp3) is 0.280. The molecule has 35 heavy (non-hydrogen) atoms. The molecule has 0 spiro atoms. The Morgan fingerprint density at radius 1 is 1.20 bits per heavy atom. The molecule has 0 saturated carbocycles. The number of benzene rings is 2. The number of rotatable bonds is 9. The minimum atomic E-state index is -1.14. The van der Waals surface area contributed by atoms with Crippen molar-refractivity contribution in [2.24, 2.45) is 5.73 Å². The van der Waals surface area contributed by atoms with E-state index < -0.39 is 36.5 Å². The van der Waals surface area contributed by atoms with Crippen LogP contribution in [0, 0.1) is 5.41 Å². The van der Waals surface area contributed by atoms with Gasteiger partial charge in [0.2, 0.25) is 0 Å². The van der Waals surface area contributed by atoms with Crippen LogP contribution < -0.4 is 10.5 Å². The minimum absolute atomic E-state index is 0.0476. The summed E-state index contributed by atoms with van der Waals surface area (Å²) in [6, 6.07) is 14.4. The first-order valence-corrected chi connectivity index (χ1v) is 11.2. The van der Waals surface area contributed by atoms with Crippen molar-refractivity contribution in [1.82, 2.24) is 9.80 Å². The van der Waals surface area contributed by atoms with Gasteiger partial charge in [-0.1, -0.05) is 25.1 Å². The Morgan fingerprint density at radius 3 is 2.54 bits per heavy atom. The van der Waals surface area contributed by atoms with Crippen molar-refractivity contribution in [3.05, 3.63) is 65.9 Å². The lowest BCUT2D eigenvalue weighted by Crippen LogP contribution is -2.62. The van der Waals surface area contributed by atoms with E-state index in [9.17, 15) is 19.5 Å². The van der Waals surface area contributed by atoms with E-state index in [1.807, 2.05) is 19.1 Å². The van der Waals surface area contributed by atoms with Crippen LogP contribution in [-0.2, 0) is 14.4 Å². The minimum Gasteiger partial charge on any atom is -0.481 e. The zero-order chi connectivity index (χ0) is 25.1. The number of furan rings is 1. The standard InChI is InChI=1S/C25H26N4O6/c1-2-11-28-21(34-17-9-7-15(8-10-17)23(26)27)14-29(25(33)24(28)32)18(13-22(30)31)20-12-16-5-3-4-6-19(16)35-20/h3-10,12,18,21H,2,11,13-14H2,1H3,(H3,26,27)(H,30,31). The predicted octanol–water partition coefficient (Wildman–Crippen LogP) is 2.72. The molecule has 1 aromatic heterocycles. The third kappa shape index (κ3) is 4.96. The summed E-state index contributed by atoms with van der Waals surface area (Å²) in [4.78, 5) is 40.5. The number of hydrogen-bond donors (Lipinski definition) is 3. The van der Waals surface area contributed by atoms with E-state index in [1.165, 1.54) is 9.80 Å². The third-order valence-electron chi connectivity index (χ3n) is 5.82. The van der Waals surface area contributed by atoms with Crippen LogP contribution >= 0.6 is 0 Å². The molecule has 0 bridgehead atoms. The summed E-state index contributed by atoms with van der Waals surface area (Å²) in [6.45, 7) is 2.13. The third-order valence-corrected chi connectivity index (χ3v) is 5.82. The Morgan fingerprint density at radius 2 is 1.91 bits per heavy atom. The zero-order valence-corrected chi connectivity index (χ0v) is 19.1. The lowest BCUT2D eigenvalue weighted by Gasteiger charge is -2.42. The Hall–Kier alpha value is -4.34. The molecule has 10 heteroatoms. The smallest absolute Gasteiger partial charge is 0.315 e. The first-order chi connectivity index (χ1) is 16.8. The quantitative estimate of drug-likeness (QED) is 0.243. The number of carbonyl (C=O) groups is 3. The summed E-state index contributed by atoms with van der Waals surface area (Å²) in [5.74, 6) is -2.10. The molecule has 10 nitrogen and oxygen atoms in total. The molecule has 1 fully saturated rings. The highest BCUT2D eigenvalue weighted by molar-refractivity contribution is 6.35. The van der Waals surface area contributed by atoms with Crippen molar-refractivity contribution in [1.29, 1.82) is 5.41 Å². The van der Waals surface area contributed by atoms with E-state index in [1.54, 1.807) is 42.5 Å². The molecule has 4 rings (SSSR count). The van der Waals surface area contributed by atoms with Crippen molar-refractivity contribution >= 4 is 34.6 Å². The molecule has 4 N–H and O–H groups in total. The molecule has 1 aliphatic rings. The average Bonchev–Trinajstić information content (AvgIpc) is 3.26. The van der Waals surface area contributed by atoms with Crippen LogP contribution in [0.25, 0.3) is 11.0 Å². The summed E-state index contributed by atoms with van der Waals surface area (Å²) in [5, 5.41) is 17.9. The second-order valence-corrected chi connectivity index (χ2v) is 8.27. The van der Waals surface area contributed by atoms with Gasteiger partial charge in [-0.05, 0) is 42.8 Å². The summed E-state index contributed by atoms with van der Waals surface area (Å²) >= 11 is 0. The fourth-order valence-corrected chi connectivity index (χ4v) is 4.15. The van der Waals surface area contributed by atoms with Gasteiger partial charge in [0.25, 0.3) is 0 Å². The zero-order valence-electron chi connectivity index (χ0n) is 19.1. The van der Waals surface area contributed by atoms with Crippen LogP contribution in [0.5, 0.6) is 5.75 Å². The summed E-state index contributed by atoms with van der Waals surface area (Å²) in [6.07, 6.45) is -0.680. The van der Waals surface area contributed by atoms with E-state index in [0.29, 0.717) is 29.9 Å². The maximum Gasteiger partial charge on any atom is 0.315 e. The van der Waals surface area contributed by atoms with E-state index in [2.05, 4.69) is 0 Å². The first-order valence-electron chi connectivity index (χ1n) is 11.2. The van der Waals surface area contributed by atoms with Crippen molar-refractivity contribution in [2.75, 3.05) is 13.1 Å². The number of carboxylic acid groups (broad SMARTS) is 1. The number of para-hydroxylation sites is 1. The van der Waals surface area contributed by atoms with Crippen LogP contribution in [0.1, 0.15) is 37.1 Å². The van der Waals surface area contributed by atoms with Gasteiger partial charge in [-0.15, -0.1) is 0 Å². The number of hydrogen-bond acceptors (Lipinski definition) is 6. The molecule has 2 aromatic carbocycles. The molecular formula is C25H26N4O6. The Bertz CT molecular complexity index is 1240. The number of nitrogens with one attached hydrogen (secondary N) is 1. The van der Waals surface area contributed by atoms with Crippen LogP contribution in [0.4, 0.5) is 0 Å². The summed E-state index contributed by atoms with van der Waals surface area (Å²) in [7, 11) is 0. The van der Waals surface area contributed by atoms with Crippen LogP contribution in [0.15, 0.2) is 59.0 Å². The average molecular weight is 479 g/mol.